The van der Waals surface area contributed by atoms with E-state index in [1.165, 1.54) is 25.4 Å². The normalized spacial score (nSPS) is 9.17. The number of ether oxygens (including phenoxy) is 1. The van der Waals surface area contributed by atoms with Crippen molar-refractivity contribution < 1.29 is 14.7 Å². The average molecular weight is 168 g/mol. The van der Waals surface area contributed by atoms with Gasteiger partial charge in [0, 0.05) is 0 Å². The third kappa shape index (κ3) is 1.70. The van der Waals surface area contributed by atoms with E-state index < -0.39 is 5.97 Å². The Morgan fingerprint density at radius 3 is 2.83 bits per heavy atom. The summed E-state index contributed by atoms with van der Waals surface area (Å²) in [4.78, 5) is 14.6. The molecule has 0 saturated carbocycles. The molecule has 0 atom stereocenters. The first kappa shape index (κ1) is 8.48. The Balaban J connectivity index is 2.84. The number of pyridine rings is 1. The molecule has 0 aliphatic rings. The largest absolute Gasteiger partial charge is 0.464 e. The number of rotatable bonds is 2. The van der Waals surface area contributed by atoms with Crippen molar-refractivity contribution in [3.8, 4) is 0 Å². The SMILES string of the molecule is COC(=O)c1ccc(NO)cn1. The highest BCUT2D eigenvalue weighted by Gasteiger charge is 2.05. The molecule has 0 amide bonds. The average Bonchev–Trinajstić information content (AvgIpc) is 2.17. The van der Waals surface area contributed by atoms with Gasteiger partial charge in [0.2, 0.25) is 0 Å². The predicted octanol–water partition coefficient (Wildman–Crippen LogP) is 0.669. The van der Waals surface area contributed by atoms with Crippen LogP contribution in [-0.4, -0.2) is 23.3 Å². The number of carbonyl (C=O) groups is 1. The molecule has 1 rings (SSSR count). The van der Waals surface area contributed by atoms with Crippen LogP contribution in [0.3, 0.4) is 0 Å². The Bertz CT molecular complexity index is 270. The van der Waals surface area contributed by atoms with Gasteiger partial charge in [-0.3, -0.25) is 10.7 Å². The van der Waals surface area contributed by atoms with E-state index in [2.05, 4.69) is 9.72 Å². The second-order valence-corrected chi connectivity index (χ2v) is 2.04. The van der Waals surface area contributed by atoms with Gasteiger partial charge in [0.05, 0.1) is 19.0 Å². The van der Waals surface area contributed by atoms with Crippen LogP contribution < -0.4 is 5.48 Å². The summed E-state index contributed by atoms with van der Waals surface area (Å²) in [6.07, 6.45) is 1.33. The highest BCUT2D eigenvalue weighted by atomic mass is 16.5. The quantitative estimate of drug-likeness (QED) is 0.501. The van der Waals surface area contributed by atoms with E-state index in [1.807, 2.05) is 5.48 Å². The zero-order valence-electron chi connectivity index (χ0n) is 6.44. The maximum absolute atomic E-state index is 10.8. The van der Waals surface area contributed by atoms with Crippen LogP contribution >= 0.6 is 0 Å². The molecular weight excluding hydrogens is 160 g/mol. The highest BCUT2D eigenvalue weighted by molar-refractivity contribution is 5.87. The smallest absolute Gasteiger partial charge is 0.356 e. The Morgan fingerprint density at radius 2 is 2.42 bits per heavy atom. The van der Waals surface area contributed by atoms with Gasteiger partial charge in [-0.2, -0.15) is 0 Å². The Hall–Kier alpha value is -1.62. The number of hydrogen-bond acceptors (Lipinski definition) is 5. The molecule has 5 heteroatoms. The summed E-state index contributed by atoms with van der Waals surface area (Å²) in [5.74, 6) is -0.500. The summed E-state index contributed by atoms with van der Waals surface area (Å²) < 4.78 is 4.43. The molecule has 0 bridgehead atoms. The van der Waals surface area contributed by atoms with Crippen LogP contribution in [0.15, 0.2) is 18.3 Å². The van der Waals surface area contributed by atoms with Gasteiger partial charge in [0.15, 0.2) is 0 Å². The first-order valence-corrected chi connectivity index (χ1v) is 3.22. The van der Waals surface area contributed by atoms with E-state index in [1.54, 1.807) is 0 Å². The van der Waals surface area contributed by atoms with Crippen LogP contribution in [-0.2, 0) is 4.74 Å². The lowest BCUT2D eigenvalue weighted by molar-refractivity contribution is 0.0594. The Kier molecular flexibility index (Phi) is 2.60. The van der Waals surface area contributed by atoms with Crippen molar-refractivity contribution >= 4 is 11.7 Å². The number of anilines is 1. The van der Waals surface area contributed by atoms with E-state index in [9.17, 15) is 4.79 Å². The summed E-state index contributed by atoms with van der Waals surface area (Å²) >= 11 is 0. The van der Waals surface area contributed by atoms with E-state index in [0.29, 0.717) is 5.69 Å². The molecule has 1 aromatic rings. The number of methoxy groups -OCH3 is 1. The van der Waals surface area contributed by atoms with Crippen LogP contribution in [0.25, 0.3) is 0 Å². The van der Waals surface area contributed by atoms with Gasteiger partial charge in [-0.05, 0) is 12.1 Å². The second kappa shape index (κ2) is 3.68. The Morgan fingerprint density at radius 1 is 1.67 bits per heavy atom. The van der Waals surface area contributed by atoms with Crippen molar-refractivity contribution in [3.05, 3.63) is 24.0 Å². The van der Waals surface area contributed by atoms with Crippen molar-refractivity contribution in [1.82, 2.24) is 4.98 Å². The zero-order chi connectivity index (χ0) is 8.97. The molecule has 0 aliphatic carbocycles. The first-order valence-electron chi connectivity index (χ1n) is 3.22. The van der Waals surface area contributed by atoms with Gasteiger partial charge in [-0.15, -0.1) is 0 Å². The van der Waals surface area contributed by atoms with Crippen molar-refractivity contribution in [3.63, 3.8) is 0 Å². The van der Waals surface area contributed by atoms with Crippen LogP contribution in [0, 0.1) is 0 Å². The lowest BCUT2D eigenvalue weighted by Gasteiger charge is -1.99. The van der Waals surface area contributed by atoms with E-state index in [-0.39, 0.29) is 5.69 Å². The summed E-state index contributed by atoms with van der Waals surface area (Å²) in [6, 6.07) is 2.96. The minimum Gasteiger partial charge on any atom is -0.464 e. The maximum Gasteiger partial charge on any atom is 0.356 e. The summed E-state index contributed by atoms with van der Waals surface area (Å²) in [7, 11) is 1.28. The molecule has 2 N–H and O–H groups in total. The van der Waals surface area contributed by atoms with Crippen molar-refractivity contribution in [2.75, 3.05) is 12.6 Å². The van der Waals surface area contributed by atoms with Crippen LogP contribution in [0.5, 0.6) is 0 Å². The number of nitrogens with one attached hydrogen (secondary N) is 1. The predicted molar refractivity (Wildman–Crippen MR) is 41.0 cm³/mol. The van der Waals surface area contributed by atoms with Gasteiger partial charge in [-0.1, -0.05) is 0 Å². The fourth-order valence-electron chi connectivity index (χ4n) is 0.685. The standard InChI is InChI=1S/C7H8N2O3/c1-12-7(10)6-3-2-5(9-11)4-8-6/h2-4,9,11H,1H3. The molecule has 0 radical (unpaired) electrons. The number of esters is 1. The summed E-state index contributed by atoms with van der Waals surface area (Å²) in [5.41, 5.74) is 2.52. The zero-order valence-corrected chi connectivity index (χ0v) is 6.44. The highest BCUT2D eigenvalue weighted by Crippen LogP contribution is 2.04. The lowest BCUT2D eigenvalue weighted by Crippen LogP contribution is -2.04. The summed E-state index contributed by atoms with van der Waals surface area (Å²) in [6.45, 7) is 0. The number of aromatic nitrogens is 1. The number of nitrogens with zero attached hydrogens (tertiary/aromatic N) is 1. The fraction of sp³-hybridized carbons (Fsp3) is 0.143. The Labute approximate surface area is 69.0 Å². The third-order valence-corrected chi connectivity index (χ3v) is 1.29. The van der Waals surface area contributed by atoms with Crippen LogP contribution in [0.2, 0.25) is 0 Å². The van der Waals surface area contributed by atoms with E-state index in [0.717, 1.165) is 0 Å². The molecular formula is C7H8N2O3. The van der Waals surface area contributed by atoms with Crippen LogP contribution in [0.1, 0.15) is 10.5 Å². The molecule has 12 heavy (non-hydrogen) atoms. The van der Waals surface area contributed by atoms with Gasteiger partial charge in [0.25, 0.3) is 0 Å². The van der Waals surface area contributed by atoms with Gasteiger partial charge >= 0.3 is 5.97 Å². The minimum absolute atomic E-state index is 0.205. The van der Waals surface area contributed by atoms with Crippen molar-refractivity contribution in [2.45, 2.75) is 0 Å². The monoisotopic (exact) mass is 168 g/mol. The number of carbonyl (C=O) groups excluding carboxylic acids is 1. The molecule has 0 aliphatic heterocycles. The molecule has 0 fully saturated rings. The van der Waals surface area contributed by atoms with Crippen LogP contribution in [0.4, 0.5) is 5.69 Å². The molecule has 5 nitrogen and oxygen atoms in total. The lowest BCUT2D eigenvalue weighted by atomic mass is 10.3. The second-order valence-electron chi connectivity index (χ2n) is 2.04. The molecule has 0 spiro atoms. The van der Waals surface area contributed by atoms with E-state index >= 15 is 0 Å². The topological polar surface area (TPSA) is 71.5 Å². The van der Waals surface area contributed by atoms with Gasteiger partial charge in [0.1, 0.15) is 5.69 Å². The van der Waals surface area contributed by atoms with Crippen molar-refractivity contribution in [2.24, 2.45) is 0 Å². The molecule has 1 aromatic heterocycles. The maximum atomic E-state index is 10.8. The van der Waals surface area contributed by atoms with Gasteiger partial charge < -0.3 is 4.74 Å². The third-order valence-electron chi connectivity index (χ3n) is 1.29. The number of hydrogen-bond donors (Lipinski definition) is 2. The van der Waals surface area contributed by atoms with Gasteiger partial charge in [-0.25, -0.2) is 9.78 Å². The van der Waals surface area contributed by atoms with Crippen molar-refractivity contribution in [1.29, 1.82) is 0 Å². The molecule has 0 saturated heterocycles. The molecule has 0 unspecified atom stereocenters. The fourth-order valence-corrected chi connectivity index (χ4v) is 0.685. The molecule has 1 heterocycles. The van der Waals surface area contributed by atoms with E-state index in [4.69, 9.17) is 5.21 Å². The summed E-state index contributed by atoms with van der Waals surface area (Å²) in [5, 5.41) is 8.42. The first-order chi connectivity index (χ1) is 5.77. The minimum atomic E-state index is -0.500. The molecule has 0 aromatic carbocycles. The molecule has 64 valence electrons.